The predicted octanol–water partition coefficient (Wildman–Crippen LogP) is 5.05. The van der Waals surface area contributed by atoms with Gasteiger partial charge in [0.15, 0.2) is 10.8 Å². The molecular formula is C20H24BrClN4OS. The molecule has 0 spiro atoms. The summed E-state index contributed by atoms with van der Waals surface area (Å²) in [7, 11) is 0. The average Bonchev–Trinajstić information content (AvgIpc) is 2.85. The second-order valence-corrected chi connectivity index (χ2v) is 9.56. The van der Waals surface area contributed by atoms with Crippen LogP contribution in [-0.4, -0.2) is 37.8 Å². The van der Waals surface area contributed by atoms with Crippen molar-refractivity contribution in [2.45, 2.75) is 64.0 Å². The lowest BCUT2D eigenvalue weighted by atomic mass is 9.82. The maximum atomic E-state index is 13.2. The van der Waals surface area contributed by atoms with E-state index in [0.29, 0.717) is 10.8 Å². The van der Waals surface area contributed by atoms with Gasteiger partial charge < -0.3 is 4.90 Å². The van der Waals surface area contributed by atoms with Crippen LogP contribution in [-0.2, 0) is 4.79 Å². The molecule has 150 valence electrons. The van der Waals surface area contributed by atoms with Crippen molar-refractivity contribution in [1.29, 1.82) is 5.26 Å². The van der Waals surface area contributed by atoms with Crippen molar-refractivity contribution in [2.24, 2.45) is 5.92 Å². The highest BCUT2D eigenvalue weighted by atomic mass is 79.9. The van der Waals surface area contributed by atoms with E-state index in [0.717, 1.165) is 24.1 Å². The van der Waals surface area contributed by atoms with Crippen LogP contribution < -0.4 is 4.90 Å². The third-order valence-electron chi connectivity index (χ3n) is 5.84. The standard InChI is InChI=1S/C20H24BrClN4OS/c1-20(2)18(27)25(15-10-16(22)17(11-23)24-12-15)19(28)26(20)14-7-5-13(6-8-14)4-3-9-21/h10,12-14H,3-9H2,1-2H3/t13-,14-. The first-order valence-electron chi connectivity index (χ1n) is 9.60. The van der Waals surface area contributed by atoms with E-state index in [1.54, 1.807) is 6.07 Å². The van der Waals surface area contributed by atoms with Crippen LogP contribution in [0.1, 0.15) is 58.1 Å². The minimum absolute atomic E-state index is 0.0820. The molecule has 5 nitrogen and oxygen atoms in total. The van der Waals surface area contributed by atoms with Crippen molar-refractivity contribution < 1.29 is 4.79 Å². The van der Waals surface area contributed by atoms with Gasteiger partial charge in [0, 0.05) is 11.4 Å². The first kappa shape index (κ1) is 21.5. The van der Waals surface area contributed by atoms with E-state index < -0.39 is 5.54 Å². The molecule has 3 rings (SSSR count). The number of carbonyl (C=O) groups excluding carboxylic acids is 1. The molecule has 0 unspecified atom stereocenters. The van der Waals surface area contributed by atoms with Gasteiger partial charge in [-0.1, -0.05) is 27.5 Å². The van der Waals surface area contributed by atoms with Crippen LogP contribution in [0.5, 0.6) is 0 Å². The highest BCUT2D eigenvalue weighted by Gasteiger charge is 2.52. The SMILES string of the molecule is CC1(C)C(=O)N(c2cnc(C#N)c(Cl)c2)C(=S)N1[C@H]1CC[C@H](CCCBr)CC1. The molecule has 8 heteroatoms. The maximum Gasteiger partial charge on any atom is 0.258 e. The molecule has 2 aliphatic rings. The van der Waals surface area contributed by atoms with Crippen molar-refractivity contribution >= 4 is 56.5 Å². The lowest BCUT2D eigenvalue weighted by Crippen LogP contribution is -2.51. The molecule has 28 heavy (non-hydrogen) atoms. The van der Waals surface area contributed by atoms with Gasteiger partial charge in [-0.05, 0) is 76.6 Å². The van der Waals surface area contributed by atoms with Crippen molar-refractivity contribution in [2.75, 3.05) is 10.2 Å². The summed E-state index contributed by atoms with van der Waals surface area (Å²) < 4.78 is 0. The summed E-state index contributed by atoms with van der Waals surface area (Å²) >= 11 is 15.4. The molecule has 0 aromatic carbocycles. The van der Waals surface area contributed by atoms with Gasteiger partial charge >= 0.3 is 0 Å². The van der Waals surface area contributed by atoms with Gasteiger partial charge in [0.05, 0.1) is 16.9 Å². The fourth-order valence-corrected chi connectivity index (χ4v) is 5.43. The molecule has 1 saturated heterocycles. The summed E-state index contributed by atoms with van der Waals surface area (Å²) in [5.41, 5.74) is -0.0633. The van der Waals surface area contributed by atoms with Crippen molar-refractivity contribution in [1.82, 2.24) is 9.88 Å². The Balaban J connectivity index is 1.81. The van der Waals surface area contributed by atoms with E-state index in [1.807, 2.05) is 19.9 Å². The number of aromatic nitrogens is 1. The van der Waals surface area contributed by atoms with E-state index >= 15 is 0 Å². The van der Waals surface area contributed by atoms with Crippen LogP contribution in [0.3, 0.4) is 0 Å². The van der Waals surface area contributed by atoms with Gasteiger partial charge in [0.2, 0.25) is 0 Å². The molecule has 0 atom stereocenters. The Bertz CT molecular complexity index is 817. The number of nitrogens with zero attached hydrogens (tertiary/aromatic N) is 4. The molecule has 1 amide bonds. The Morgan fingerprint density at radius 3 is 2.64 bits per heavy atom. The van der Waals surface area contributed by atoms with Crippen LogP contribution in [0, 0.1) is 17.2 Å². The second kappa shape index (κ2) is 8.64. The summed E-state index contributed by atoms with van der Waals surface area (Å²) in [6.07, 6.45) is 8.39. The molecule has 1 aliphatic carbocycles. The van der Waals surface area contributed by atoms with Crippen LogP contribution in [0.4, 0.5) is 5.69 Å². The monoisotopic (exact) mass is 482 g/mol. The molecule has 1 saturated carbocycles. The van der Waals surface area contributed by atoms with Gasteiger partial charge in [-0.2, -0.15) is 5.26 Å². The summed E-state index contributed by atoms with van der Waals surface area (Å²) in [4.78, 5) is 20.9. The number of pyridine rings is 1. The normalized spacial score (nSPS) is 24.5. The van der Waals surface area contributed by atoms with Crippen LogP contribution in [0.15, 0.2) is 12.3 Å². The Hall–Kier alpha value is -1.23. The smallest absolute Gasteiger partial charge is 0.258 e. The first-order valence-corrected chi connectivity index (χ1v) is 11.5. The summed E-state index contributed by atoms with van der Waals surface area (Å²) in [5, 5.41) is 10.8. The predicted molar refractivity (Wildman–Crippen MR) is 119 cm³/mol. The van der Waals surface area contributed by atoms with E-state index in [4.69, 9.17) is 29.1 Å². The Morgan fingerprint density at radius 1 is 1.39 bits per heavy atom. The Morgan fingerprint density at radius 2 is 2.07 bits per heavy atom. The number of amides is 1. The molecule has 1 aliphatic heterocycles. The third kappa shape index (κ3) is 3.92. The molecule has 1 aromatic heterocycles. The number of hydrogen-bond acceptors (Lipinski definition) is 4. The fourth-order valence-electron chi connectivity index (χ4n) is 4.34. The van der Waals surface area contributed by atoms with Crippen molar-refractivity contribution in [3.63, 3.8) is 0 Å². The summed E-state index contributed by atoms with van der Waals surface area (Å²) in [6, 6.07) is 3.79. The number of thiocarbonyl (C=S) groups is 1. The largest absolute Gasteiger partial charge is 0.331 e. The number of nitriles is 1. The first-order chi connectivity index (χ1) is 13.3. The number of anilines is 1. The van der Waals surface area contributed by atoms with Crippen LogP contribution in [0.25, 0.3) is 0 Å². The highest BCUT2D eigenvalue weighted by molar-refractivity contribution is 9.09. The van der Waals surface area contributed by atoms with Gasteiger partial charge in [-0.15, -0.1) is 0 Å². The number of alkyl halides is 1. The van der Waals surface area contributed by atoms with Crippen LogP contribution in [0.2, 0.25) is 5.02 Å². The second-order valence-electron chi connectivity index (χ2n) is 7.99. The molecule has 0 bridgehead atoms. The fraction of sp³-hybridized carbons (Fsp3) is 0.600. The zero-order chi connectivity index (χ0) is 20.5. The molecule has 1 aromatic rings. The molecular weight excluding hydrogens is 460 g/mol. The average molecular weight is 484 g/mol. The topological polar surface area (TPSA) is 60.2 Å². The Labute approximate surface area is 185 Å². The molecule has 0 radical (unpaired) electrons. The Kier molecular flexibility index (Phi) is 6.63. The van der Waals surface area contributed by atoms with Gasteiger partial charge in [-0.3, -0.25) is 9.69 Å². The molecule has 2 heterocycles. The van der Waals surface area contributed by atoms with Gasteiger partial charge in [0.1, 0.15) is 11.6 Å². The summed E-state index contributed by atoms with van der Waals surface area (Å²) in [6.45, 7) is 3.86. The number of rotatable bonds is 5. The van der Waals surface area contributed by atoms with Gasteiger partial charge in [0.25, 0.3) is 5.91 Å². The zero-order valence-corrected chi connectivity index (χ0v) is 19.3. The third-order valence-corrected chi connectivity index (χ3v) is 7.07. The minimum Gasteiger partial charge on any atom is -0.331 e. The zero-order valence-electron chi connectivity index (χ0n) is 16.1. The number of hydrogen-bond donors (Lipinski definition) is 0. The van der Waals surface area contributed by atoms with Crippen molar-refractivity contribution in [3.05, 3.63) is 23.0 Å². The lowest BCUT2D eigenvalue weighted by Gasteiger charge is -2.41. The maximum absolute atomic E-state index is 13.2. The van der Waals surface area contributed by atoms with Gasteiger partial charge in [-0.25, -0.2) is 4.98 Å². The van der Waals surface area contributed by atoms with Crippen molar-refractivity contribution in [3.8, 4) is 6.07 Å². The van der Waals surface area contributed by atoms with E-state index in [1.165, 1.54) is 36.8 Å². The molecule has 0 N–H and O–H groups in total. The van der Waals surface area contributed by atoms with E-state index in [2.05, 4.69) is 25.8 Å². The highest BCUT2D eigenvalue weighted by Crippen LogP contribution is 2.40. The minimum atomic E-state index is -0.717. The van der Waals surface area contributed by atoms with E-state index in [9.17, 15) is 4.79 Å². The molecule has 2 fully saturated rings. The number of halogens is 2. The lowest BCUT2D eigenvalue weighted by molar-refractivity contribution is -0.124. The van der Waals surface area contributed by atoms with Crippen LogP contribution >= 0.6 is 39.7 Å². The number of carbonyl (C=O) groups is 1. The quantitative estimate of drug-likeness (QED) is 0.433. The summed E-state index contributed by atoms with van der Waals surface area (Å²) in [5.74, 6) is 0.683. The van der Waals surface area contributed by atoms with E-state index in [-0.39, 0.29) is 22.7 Å².